The molecule has 35 heteroatoms. The van der Waals surface area contributed by atoms with Crippen LogP contribution >= 0.6 is 12.4 Å². The van der Waals surface area contributed by atoms with Gasteiger partial charge >= 0.3 is 52.7 Å². The molecule has 0 unspecified atom stereocenters. The van der Waals surface area contributed by atoms with Crippen molar-refractivity contribution in [2.45, 2.75) is 321 Å². The van der Waals surface area contributed by atoms with E-state index in [9.17, 15) is 69.9 Å². The van der Waals surface area contributed by atoms with Crippen LogP contribution in [0.2, 0.25) is 0 Å². The number of aliphatic hydroxyl groups excluding tert-OH is 9. The Kier molecular flexibility index (Phi) is 71.0. The van der Waals surface area contributed by atoms with E-state index in [-0.39, 0.29) is 177 Å². The van der Waals surface area contributed by atoms with Crippen LogP contribution in [-0.4, -0.2) is 248 Å². The van der Waals surface area contributed by atoms with E-state index >= 15 is 0 Å². The van der Waals surface area contributed by atoms with Crippen molar-refractivity contribution >= 4 is 42.6 Å². The zero-order valence-electron chi connectivity index (χ0n) is 89.8. The van der Waals surface area contributed by atoms with Gasteiger partial charge in [0.25, 0.3) is 0 Å². The van der Waals surface area contributed by atoms with Gasteiger partial charge in [-0.2, -0.15) is 0 Å². The Labute approximate surface area is 860 Å². The molecule has 0 aromatic rings. The van der Waals surface area contributed by atoms with E-state index in [4.69, 9.17) is 91.2 Å². The first-order valence-corrected chi connectivity index (χ1v) is 50.4. The van der Waals surface area contributed by atoms with E-state index in [1.807, 2.05) is 166 Å². The molecular formula is C107H184ClMnN3O30. The number of hydrogen-bond donors (Lipinski definition) is 12. The number of allylic oxidation sites excluding steroid dienone is 9. The predicted molar refractivity (Wildman–Crippen MR) is 545 cm³/mol. The van der Waals surface area contributed by atoms with E-state index < -0.39 is 155 Å². The van der Waals surface area contributed by atoms with Crippen LogP contribution in [-0.2, 0) is 98.4 Å². The van der Waals surface area contributed by atoms with E-state index in [1.54, 1.807) is 105 Å². The summed E-state index contributed by atoms with van der Waals surface area (Å²) in [5.41, 5.74) is 19.2. The first-order chi connectivity index (χ1) is 66.1. The molecule has 142 heavy (non-hydrogen) atoms. The number of carbonyl (C=O) groups is 5. The Morgan fingerprint density at radius 1 is 0.380 bits per heavy atom. The second kappa shape index (κ2) is 73.4. The van der Waals surface area contributed by atoms with Gasteiger partial charge in [0.2, 0.25) is 0 Å². The SMILES string of the molecule is C=C/C=C\[C@H](C)[C@H](OC(N)=O)[C@@H](C)[C@H](O)[C@@H](C)C/C(C)=C\[C@H](C)[C@@H](O)[C@@H](C)/C=C\[C@@H](O)C[C@@H]1OC(=O)[C@H](C)[C@@H](O)[C@H]1C.C=C/C=C\[C@H](C)[C@H](OC(N)=O)[C@@H](C)[C@H](O)[C@@H](C)C/C(C)=C\[C@H](C)[C@@H](OCOC)[C@@H](C)/C=C\[C@H](C[C@@H]1OC(=O)[C@H](C)[C@@H](O)[C@H]1C)OCOC.C=C/C=C\[C@H](C)[C@H](OC(N)=O)[C@@H](C)[C@H](O)[C@@H](C)C/C(C)=C\[C@H](C)[C@@H](OCOC)[C@@H](C)/C=C\[C@H](C[C@@H]1O[C@@H](O)[C@H](C)[C@@H](O)[C@H]1C)OCOC.Cl.[O]=[Mn]=[O]. The van der Waals surface area contributed by atoms with Crippen LogP contribution in [0.25, 0.3) is 0 Å². The zero-order chi connectivity index (χ0) is 108. The molecule has 3 amide bonds. The van der Waals surface area contributed by atoms with Crippen molar-refractivity contribution in [2.24, 2.45) is 141 Å². The summed E-state index contributed by atoms with van der Waals surface area (Å²) in [6.45, 7) is 57.3. The molecule has 0 spiro atoms. The monoisotopic (exact) mass is 2080 g/mol. The fourth-order valence-corrected chi connectivity index (χ4v) is 18.9. The van der Waals surface area contributed by atoms with Gasteiger partial charge in [-0.1, -0.05) is 277 Å². The number of carbonyl (C=O) groups excluding carboxylic acids is 5. The quantitative estimate of drug-likeness (QED) is 0.00672. The molecule has 3 aliphatic rings. The third kappa shape index (κ3) is 49.9. The minimum atomic E-state index is -1.44. The number of cyclic esters (lactones) is 2. The minimum absolute atomic E-state index is 0. The first kappa shape index (κ1) is 137. The molecule has 40 atom stereocenters. The van der Waals surface area contributed by atoms with Crippen LogP contribution in [0.4, 0.5) is 14.4 Å². The van der Waals surface area contributed by atoms with Crippen LogP contribution < -0.4 is 17.2 Å². The molecular weight excluding hydrogens is 1900 g/mol. The van der Waals surface area contributed by atoms with Crippen molar-refractivity contribution in [1.82, 2.24) is 0 Å². The third-order valence-corrected chi connectivity index (χ3v) is 27.4. The number of ether oxygens (including phenoxy) is 14. The van der Waals surface area contributed by atoms with Crippen molar-refractivity contribution in [3.8, 4) is 0 Å². The van der Waals surface area contributed by atoms with Gasteiger partial charge in [-0.3, -0.25) is 9.59 Å². The molecule has 0 bridgehead atoms. The van der Waals surface area contributed by atoms with Crippen LogP contribution in [0.1, 0.15) is 205 Å². The number of esters is 2. The Balaban J connectivity index is 0. The van der Waals surface area contributed by atoms with Crippen molar-refractivity contribution in [3.05, 3.63) is 146 Å². The second-order valence-electron chi connectivity index (χ2n) is 39.7. The number of halogens is 1. The molecule has 0 radical (unpaired) electrons. The summed E-state index contributed by atoms with van der Waals surface area (Å²) in [7, 11) is 6.26. The number of amides is 3. The molecule has 821 valence electrons. The molecule has 3 saturated heterocycles. The van der Waals surface area contributed by atoms with Gasteiger partial charge in [0.1, 0.15) is 57.7 Å². The second-order valence-corrected chi connectivity index (χ2v) is 39.9. The molecule has 0 aliphatic carbocycles. The van der Waals surface area contributed by atoms with Gasteiger partial charge in [0.05, 0.1) is 91.2 Å². The van der Waals surface area contributed by atoms with E-state index in [0.29, 0.717) is 32.1 Å². The summed E-state index contributed by atoms with van der Waals surface area (Å²) in [6, 6.07) is 0. The van der Waals surface area contributed by atoms with E-state index in [0.717, 1.165) is 16.7 Å². The van der Waals surface area contributed by atoms with Crippen molar-refractivity contribution in [3.63, 3.8) is 0 Å². The van der Waals surface area contributed by atoms with Gasteiger partial charge in [-0.15, -0.1) is 12.4 Å². The fraction of sp³-hybridized carbons (Fsp3) is 0.729. The normalized spacial score (nSPS) is 26.8. The van der Waals surface area contributed by atoms with Crippen LogP contribution in [0.5, 0.6) is 0 Å². The average Bonchev–Trinajstić information content (AvgIpc) is 0.810. The fourth-order valence-electron chi connectivity index (χ4n) is 18.9. The summed E-state index contributed by atoms with van der Waals surface area (Å²) >= 11 is -1.44. The summed E-state index contributed by atoms with van der Waals surface area (Å²) in [6.07, 6.45) is 21.8. The van der Waals surface area contributed by atoms with Gasteiger partial charge < -0.3 is 129 Å². The van der Waals surface area contributed by atoms with Gasteiger partial charge in [0.15, 0.2) is 6.29 Å². The van der Waals surface area contributed by atoms with E-state index in [1.165, 1.54) is 0 Å². The van der Waals surface area contributed by atoms with Crippen LogP contribution in [0.15, 0.2) is 146 Å². The molecule has 3 heterocycles. The maximum atomic E-state index is 12.3. The van der Waals surface area contributed by atoms with E-state index in [2.05, 4.69) is 52.7 Å². The van der Waals surface area contributed by atoms with Gasteiger partial charge in [0, 0.05) is 142 Å². The number of primary amides is 3. The van der Waals surface area contributed by atoms with Crippen LogP contribution in [0.3, 0.4) is 0 Å². The molecule has 3 aliphatic heterocycles. The number of rotatable bonds is 60. The number of aliphatic hydroxyl groups is 9. The zero-order valence-corrected chi connectivity index (χ0v) is 91.8. The standard InChI is InChI=1S/C37H65NO10.C37H63NO10.C33H55NO8.ClH.Mn.2O/c2*1-12-13-14-23(3)35(48-37(38)42)28(8)32(39)25(5)17-22(2)18-26(6)34(46-21-44-11)24(4)15-16-30(45-20-43-10)19-31-27(7)33(40)29(9)36(41)47-31;1-10-11-12-20(4)31(42-33(34)40)24(8)29(37)22(6)16-18(2)15-21(5)28(36)19(3)13-14-26(35)17-27-23(7)30(38)25(9)32(39)41-27;;;;/h12-16,18,23-36,39-41H,1,17,19-21H2,2-11H3,(H2,38,42);12-16,18,23-35,39-40H,1,17,19-21H2,2-11H3,(H2,38,42);10-15,19-31,35-38H,1,16-17H2,2-9H3,(H2,34,40);1H;;;/b2*14-13-,16-15-,22-18-;12-11-,14-13-,18-15-;;;;/t23-,24-,25-,26-,27-,28-,29+,30+,31-,32+,33-,34-,35-,36+;23-,24-,25-,26-,27-,28-,29+,30+,31-,32+,33-,34-,35-;19-,20-,21-,22-,23-,24-,25+,26+,27-,28-,29+,30-,31-;;;;/m000..../s1. The molecule has 0 aromatic carbocycles. The van der Waals surface area contributed by atoms with Gasteiger partial charge in [-0.05, 0) is 71.6 Å². The van der Waals surface area contributed by atoms with Crippen molar-refractivity contribution in [2.75, 3.05) is 55.6 Å². The Bertz CT molecular complexity index is 3920. The molecule has 3 rings (SSSR count). The first-order valence-electron chi connectivity index (χ1n) is 49.4. The number of nitrogens with two attached hydrogens (primary N) is 3. The molecule has 15 N–H and O–H groups in total. The number of hydrogen-bond acceptors (Lipinski definition) is 30. The Hall–Kier alpha value is -6.68. The maximum absolute atomic E-state index is 12.3. The van der Waals surface area contributed by atoms with Crippen molar-refractivity contribution < 1.29 is 159 Å². The predicted octanol–water partition coefficient (Wildman–Crippen LogP) is 15.4. The summed E-state index contributed by atoms with van der Waals surface area (Å²) in [4.78, 5) is 59.1. The Morgan fingerprint density at radius 2 is 0.662 bits per heavy atom. The Morgan fingerprint density at radius 3 is 0.972 bits per heavy atom. The molecule has 0 aromatic heterocycles. The molecule has 0 saturated carbocycles. The average molecular weight is 2080 g/mol. The topological polar surface area (TPSA) is 509 Å². The molecule has 3 fully saturated rings. The van der Waals surface area contributed by atoms with Gasteiger partial charge in [-0.25, -0.2) is 14.4 Å². The summed E-state index contributed by atoms with van der Waals surface area (Å²) in [5.74, 6) is -5.80. The van der Waals surface area contributed by atoms with Crippen LogP contribution in [0, 0.1) is 124 Å². The molecule has 33 nitrogen and oxygen atoms in total. The van der Waals surface area contributed by atoms with Crippen molar-refractivity contribution in [1.29, 1.82) is 0 Å². The summed E-state index contributed by atoms with van der Waals surface area (Å²) < 4.78 is 94.9. The summed E-state index contributed by atoms with van der Waals surface area (Å²) in [5, 5.41) is 96.8. The number of methoxy groups -OCH3 is 4. The third-order valence-electron chi connectivity index (χ3n) is 27.4.